The molecule has 1 aliphatic rings. The maximum Gasteiger partial charge on any atom is 0.222 e. The van der Waals surface area contributed by atoms with E-state index >= 15 is 0 Å². The normalized spacial score (nSPS) is 15.5. The van der Waals surface area contributed by atoms with Crippen molar-refractivity contribution in [3.63, 3.8) is 0 Å². The zero-order valence-corrected chi connectivity index (χ0v) is 11.2. The summed E-state index contributed by atoms with van der Waals surface area (Å²) in [7, 11) is 0. The van der Waals surface area contributed by atoms with Crippen LogP contribution in [0.5, 0.6) is 0 Å². The number of fused-ring (bicyclic) bond motifs is 3. The van der Waals surface area contributed by atoms with Crippen LogP contribution in [-0.2, 0) is 0 Å². The van der Waals surface area contributed by atoms with Gasteiger partial charge in [0, 0.05) is 26.2 Å². The van der Waals surface area contributed by atoms with Crippen LogP contribution in [0.15, 0.2) is 18.2 Å². The molecule has 8 heteroatoms. The standard InChI is InChI=1S/C13H12N8/c1-14-9-2-3-10-11(8-9)21-13(17-18-19-21)12(16-10)20-6-4-15-5-7-20/h2-3,8,15H,4-7H2. The molecule has 1 N–H and O–H groups in total. The first-order valence-corrected chi connectivity index (χ1v) is 6.72. The Kier molecular flexibility index (Phi) is 2.65. The molecule has 1 aliphatic heterocycles. The Bertz CT molecular complexity index is 856. The Morgan fingerprint density at radius 3 is 2.90 bits per heavy atom. The summed E-state index contributed by atoms with van der Waals surface area (Å²) in [6.07, 6.45) is 0. The van der Waals surface area contributed by atoms with E-state index in [9.17, 15) is 0 Å². The van der Waals surface area contributed by atoms with Gasteiger partial charge < -0.3 is 10.2 Å². The van der Waals surface area contributed by atoms with Crippen molar-refractivity contribution in [1.29, 1.82) is 0 Å². The third kappa shape index (κ3) is 1.86. The lowest BCUT2D eigenvalue weighted by Crippen LogP contribution is -2.44. The molecule has 0 amide bonds. The maximum absolute atomic E-state index is 7.12. The minimum absolute atomic E-state index is 0.552. The van der Waals surface area contributed by atoms with E-state index in [1.807, 2.05) is 6.07 Å². The van der Waals surface area contributed by atoms with Gasteiger partial charge in [-0.1, -0.05) is 6.07 Å². The maximum atomic E-state index is 7.12. The summed E-state index contributed by atoms with van der Waals surface area (Å²) in [4.78, 5) is 10.3. The van der Waals surface area contributed by atoms with Crippen molar-refractivity contribution < 1.29 is 0 Å². The van der Waals surface area contributed by atoms with Gasteiger partial charge in [-0.25, -0.2) is 9.83 Å². The van der Waals surface area contributed by atoms with E-state index in [1.54, 1.807) is 16.6 Å². The van der Waals surface area contributed by atoms with E-state index in [1.165, 1.54) is 0 Å². The highest BCUT2D eigenvalue weighted by Crippen LogP contribution is 2.25. The smallest absolute Gasteiger partial charge is 0.222 e. The number of benzene rings is 1. The lowest BCUT2D eigenvalue weighted by Gasteiger charge is -2.28. The molecule has 1 saturated heterocycles. The quantitative estimate of drug-likeness (QED) is 0.659. The van der Waals surface area contributed by atoms with E-state index in [-0.39, 0.29) is 0 Å². The van der Waals surface area contributed by atoms with E-state index in [0.717, 1.165) is 43.0 Å². The van der Waals surface area contributed by atoms with E-state index in [2.05, 4.69) is 30.6 Å². The van der Waals surface area contributed by atoms with Gasteiger partial charge in [0.15, 0.2) is 11.5 Å². The number of nitrogens with one attached hydrogen (secondary N) is 1. The predicted octanol–water partition coefficient (Wildman–Crippen LogP) is 0.633. The summed E-state index contributed by atoms with van der Waals surface area (Å²) in [5.74, 6) is 0.796. The minimum Gasteiger partial charge on any atom is -0.351 e. The van der Waals surface area contributed by atoms with Gasteiger partial charge in [-0.15, -0.1) is 5.10 Å². The zero-order valence-electron chi connectivity index (χ0n) is 11.2. The second-order valence-corrected chi connectivity index (χ2v) is 4.87. The SMILES string of the molecule is [C-]#[N+]c1ccc2nc(N3CCNCC3)c3nnnn3c2c1. The molecule has 8 nitrogen and oxygen atoms in total. The fraction of sp³-hybridized carbons (Fsp3) is 0.308. The van der Waals surface area contributed by atoms with Crippen LogP contribution in [0.4, 0.5) is 11.5 Å². The molecule has 3 aromatic rings. The Labute approximate surface area is 120 Å². The van der Waals surface area contributed by atoms with Crippen LogP contribution in [0.25, 0.3) is 21.5 Å². The lowest BCUT2D eigenvalue weighted by atomic mass is 10.2. The van der Waals surface area contributed by atoms with Crippen LogP contribution in [0, 0.1) is 6.57 Å². The molecule has 104 valence electrons. The summed E-state index contributed by atoms with van der Waals surface area (Å²) in [6, 6.07) is 5.37. The molecule has 2 aromatic heterocycles. The number of hydrogen-bond acceptors (Lipinski definition) is 6. The molecule has 1 fully saturated rings. The Balaban J connectivity index is 1.98. The van der Waals surface area contributed by atoms with Gasteiger partial charge in [-0.2, -0.15) is 4.52 Å². The van der Waals surface area contributed by atoms with Gasteiger partial charge in [-0.3, -0.25) is 0 Å². The number of tetrazole rings is 1. The Morgan fingerprint density at radius 1 is 1.24 bits per heavy atom. The molecule has 0 saturated carbocycles. The summed E-state index contributed by atoms with van der Waals surface area (Å²) in [6.45, 7) is 10.7. The number of piperazine rings is 1. The third-order valence-corrected chi connectivity index (χ3v) is 3.63. The molecule has 0 aliphatic carbocycles. The van der Waals surface area contributed by atoms with Crippen molar-refractivity contribution in [2.24, 2.45) is 0 Å². The van der Waals surface area contributed by atoms with E-state index in [0.29, 0.717) is 11.3 Å². The molecule has 0 spiro atoms. The molecule has 0 bridgehead atoms. The monoisotopic (exact) mass is 280 g/mol. The molecular formula is C13H12N8. The molecule has 0 atom stereocenters. The highest BCUT2D eigenvalue weighted by Gasteiger charge is 2.19. The molecular weight excluding hydrogens is 268 g/mol. The average molecular weight is 280 g/mol. The van der Waals surface area contributed by atoms with Crippen LogP contribution in [0.3, 0.4) is 0 Å². The van der Waals surface area contributed by atoms with E-state index in [4.69, 9.17) is 11.6 Å². The van der Waals surface area contributed by atoms with E-state index < -0.39 is 0 Å². The van der Waals surface area contributed by atoms with Gasteiger partial charge in [0.25, 0.3) is 0 Å². The summed E-state index contributed by atoms with van der Waals surface area (Å²) < 4.78 is 1.66. The zero-order chi connectivity index (χ0) is 14.2. The largest absolute Gasteiger partial charge is 0.351 e. The first-order valence-electron chi connectivity index (χ1n) is 6.72. The van der Waals surface area contributed by atoms with Crippen LogP contribution in [0.2, 0.25) is 0 Å². The molecule has 1 aromatic carbocycles. The van der Waals surface area contributed by atoms with Crippen LogP contribution in [-0.4, -0.2) is 51.2 Å². The molecule has 0 radical (unpaired) electrons. The number of nitrogens with zero attached hydrogens (tertiary/aromatic N) is 7. The molecule has 21 heavy (non-hydrogen) atoms. The predicted molar refractivity (Wildman–Crippen MR) is 77.4 cm³/mol. The van der Waals surface area contributed by atoms with Crippen LogP contribution < -0.4 is 10.2 Å². The number of aromatic nitrogens is 5. The summed E-state index contributed by atoms with van der Waals surface area (Å²) in [5.41, 5.74) is 2.72. The number of anilines is 1. The highest BCUT2D eigenvalue weighted by atomic mass is 15.5. The van der Waals surface area contributed by atoms with Gasteiger partial charge in [-0.05, 0) is 22.6 Å². The van der Waals surface area contributed by atoms with Crippen molar-refractivity contribution in [3.05, 3.63) is 29.6 Å². The van der Waals surface area contributed by atoms with Crippen molar-refractivity contribution in [1.82, 2.24) is 30.3 Å². The fourth-order valence-electron chi connectivity index (χ4n) is 2.59. The summed E-state index contributed by atoms with van der Waals surface area (Å²) >= 11 is 0. The molecule has 3 heterocycles. The van der Waals surface area contributed by atoms with Crippen LogP contribution in [0.1, 0.15) is 0 Å². The number of rotatable bonds is 1. The fourth-order valence-corrected chi connectivity index (χ4v) is 2.59. The van der Waals surface area contributed by atoms with Crippen molar-refractivity contribution in [3.8, 4) is 0 Å². The second-order valence-electron chi connectivity index (χ2n) is 4.87. The third-order valence-electron chi connectivity index (χ3n) is 3.63. The second kappa shape index (κ2) is 4.64. The van der Waals surface area contributed by atoms with Gasteiger partial charge >= 0.3 is 0 Å². The Morgan fingerprint density at radius 2 is 2.10 bits per heavy atom. The van der Waals surface area contributed by atoms with Crippen molar-refractivity contribution >= 4 is 28.2 Å². The first-order chi connectivity index (χ1) is 10.4. The topological polar surface area (TPSA) is 75.6 Å². The van der Waals surface area contributed by atoms with Gasteiger partial charge in [0.05, 0.1) is 17.6 Å². The average Bonchev–Trinajstić information content (AvgIpc) is 3.04. The lowest BCUT2D eigenvalue weighted by molar-refractivity contribution is 0.586. The van der Waals surface area contributed by atoms with Crippen LogP contribution >= 0.6 is 0 Å². The minimum atomic E-state index is 0.552. The van der Waals surface area contributed by atoms with Crippen molar-refractivity contribution in [2.75, 3.05) is 31.1 Å². The first kappa shape index (κ1) is 12.0. The highest BCUT2D eigenvalue weighted by molar-refractivity contribution is 5.85. The van der Waals surface area contributed by atoms with Gasteiger partial charge in [0.2, 0.25) is 5.65 Å². The molecule has 0 unspecified atom stereocenters. The number of hydrogen-bond donors (Lipinski definition) is 1. The van der Waals surface area contributed by atoms with Crippen molar-refractivity contribution in [2.45, 2.75) is 0 Å². The molecule has 4 rings (SSSR count). The Hall–Kier alpha value is -2.79. The van der Waals surface area contributed by atoms with Gasteiger partial charge in [0.1, 0.15) is 0 Å². The summed E-state index contributed by atoms with van der Waals surface area (Å²) in [5, 5.41) is 15.2.